The zero-order chi connectivity index (χ0) is 20.9. The fourth-order valence-electron chi connectivity index (χ4n) is 4.45. The highest BCUT2D eigenvalue weighted by Crippen LogP contribution is 2.37. The summed E-state index contributed by atoms with van der Waals surface area (Å²) < 4.78 is 13.2. The van der Waals surface area contributed by atoms with Crippen molar-refractivity contribution in [2.45, 2.75) is 57.3 Å². The van der Waals surface area contributed by atoms with Crippen molar-refractivity contribution in [3.05, 3.63) is 85.5 Å². The van der Waals surface area contributed by atoms with Gasteiger partial charge in [0.05, 0.1) is 12.2 Å². The van der Waals surface area contributed by atoms with Gasteiger partial charge in [-0.25, -0.2) is 0 Å². The fourth-order valence-corrected chi connectivity index (χ4v) is 9.03. The van der Waals surface area contributed by atoms with Crippen LogP contribution in [0.25, 0.3) is 0 Å². The van der Waals surface area contributed by atoms with E-state index >= 15 is 0 Å². The highest BCUT2D eigenvalue weighted by molar-refractivity contribution is 6.99. The molecule has 2 aromatic rings. The van der Waals surface area contributed by atoms with Gasteiger partial charge in [-0.15, -0.1) is 6.58 Å². The lowest BCUT2D eigenvalue weighted by molar-refractivity contribution is 0.0400. The van der Waals surface area contributed by atoms with Crippen molar-refractivity contribution in [3.8, 4) is 0 Å². The molecule has 0 aromatic heterocycles. The van der Waals surface area contributed by atoms with Gasteiger partial charge < -0.3 is 9.16 Å². The molecular weight excluding hydrogens is 372 g/mol. The maximum absolute atomic E-state index is 6.97. The zero-order valence-corrected chi connectivity index (χ0v) is 19.1. The van der Waals surface area contributed by atoms with Crippen LogP contribution in [0.3, 0.4) is 0 Å². The first kappa shape index (κ1) is 21.8. The Bertz CT molecular complexity index is 768. The van der Waals surface area contributed by atoms with E-state index in [0.29, 0.717) is 6.61 Å². The van der Waals surface area contributed by atoms with Gasteiger partial charge in [0.1, 0.15) is 0 Å². The first-order chi connectivity index (χ1) is 13.9. The van der Waals surface area contributed by atoms with Crippen LogP contribution >= 0.6 is 0 Å². The van der Waals surface area contributed by atoms with Gasteiger partial charge >= 0.3 is 0 Å². The molecule has 3 rings (SSSR count). The monoisotopic (exact) mass is 406 g/mol. The molecule has 0 aliphatic carbocycles. The normalized spacial score (nSPS) is 20.0. The SMILES string of the molecule is C=CC[C@@H]1O[C@@H](CCO[Si](c2ccccc2)(c2ccccc2)C(C)(C)C)CC1=C. The molecule has 0 amide bonds. The molecule has 0 spiro atoms. The molecule has 1 aliphatic rings. The van der Waals surface area contributed by atoms with E-state index in [2.05, 4.69) is 94.6 Å². The molecule has 154 valence electrons. The Hall–Kier alpha value is -1.94. The summed E-state index contributed by atoms with van der Waals surface area (Å²) in [6.07, 6.45) is 4.86. The van der Waals surface area contributed by atoms with Gasteiger partial charge in [-0.2, -0.15) is 0 Å². The molecule has 2 aromatic carbocycles. The van der Waals surface area contributed by atoms with Gasteiger partial charge in [-0.05, 0) is 40.2 Å². The third-order valence-corrected chi connectivity index (χ3v) is 10.9. The predicted molar refractivity (Wildman–Crippen MR) is 125 cm³/mol. The van der Waals surface area contributed by atoms with Gasteiger partial charge in [-0.3, -0.25) is 0 Å². The molecule has 0 N–H and O–H groups in total. The molecule has 29 heavy (non-hydrogen) atoms. The van der Waals surface area contributed by atoms with Gasteiger partial charge in [-0.1, -0.05) is 94.1 Å². The van der Waals surface area contributed by atoms with Crippen molar-refractivity contribution < 1.29 is 9.16 Å². The summed E-state index contributed by atoms with van der Waals surface area (Å²) in [5.41, 5.74) is 1.18. The number of rotatable bonds is 8. The van der Waals surface area contributed by atoms with Crippen LogP contribution in [0.4, 0.5) is 0 Å². The average Bonchev–Trinajstić information content (AvgIpc) is 3.05. The summed E-state index contributed by atoms with van der Waals surface area (Å²) >= 11 is 0. The third-order valence-electron chi connectivity index (χ3n) is 5.86. The van der Waals surface area contributed by atoms with Crippen LogP contribution in [-0.2, 0) is 9.16 Å². The second kappa shape index (κ2) is 9.25. The summed E-state index contributed by atoms with van der Waals surface area (Å²) in [5, 5.41) is 2.64. The Morgan fingerprint density at radius 3 is 2.07 bits per heavy atom. The second-order valence-electron chi connectivity index (χ2n) is 8.93. The number of benzene rings is 2. The lowest BCUT2D eigenvalue weighted by Crippen LogP contribution is -2.66. The summed E-state index contributed by atoms with van der Waals surface area (Å²) in [6.45, 7) is 15.6. The van der Waals surface area contributed by atoms with E-state index in [9.17, 15) is 0 Å². The van der Waals surface area contributed by atoms with Crippen LogP contribution < -0.4 is 10.4 Å². The number of hydrogen-bond acceptors (Lipinski definition) is 2. The van der Waals surface area contributed by atoms with Crippen molar-refractivity contribution in [2.75, 3.05) is 6.61 Å². The van der Waals surface area contributed by atoms with E-state index in [-0.39, 0.29) is 17.2 Å². The highest BCUT2D eigenvalue weighted by atomic mass is 28.4. The van der Waals surface area contributed by atoms with Crippen LogP contribution in [0.2, 0.25) is 5.04 Å². The van der Waals surface area contributed by atoms with Crippen LogP contribution in [0.15, 0.2) is 85.5 Å². The number of hydrogen-bond donors (Lipinski definition) is 0. The van der Waals surface area contributed by atoms with E-state index < -0.39 is 8.32 Å². The molecular formula is C26H34O2Si. The van der Waals surface area contributed by atoms with Crippen LogP contribution in [0.1, 0.15) is 40.0 Å². The maximum atomic E-state index is 6.97. The van der Waals surface area contributed by atoms with Crippen molar-refractivity contribution in [1.82, 2.24) is 0 Å². The Balaban J connectivity index is 1.85. The van der Waals surface area contributed by atoms with Gasteiger partial charge in [0, 0.05) is 6.61 Å². The Morgan fingerprint density at radius 1 is 1.03 bits per heavy atom. The molecule has 1 fully saturated rings. The zero-order valence-electron chi connectivity index (χ0n) is 18.1. The fraction of sp³-hybridized carbons (Fsp3) is 0.385. The molecule has 0 unspecified atom stereocenters. The van der Waals surface area contributed by atoms with Crippen LogP contribution in [0.5, 0.6) is 0 Å². The molecule has 0 radical (unpaired) electrons. The molecule has 1 aliphatic heterocycles. The Morgan fingerprint density at radius 2 is 1.59 bits per heavy atom. The van der Waals surface area contributed by atoms with Gasteiger partial charge in [0.15, 0.2) is 0 Å². The van der Waals surface area contributed by atoms with Gasteiger partial charge in [0.2, 0.25) is 0 Å². The molecule has 1 saturated heterocycles. The summed E-state index contributed by atoms with van der Waals surface area (Å²) in [6, 6.07) is 21.6. The van der Waals surface area contributed by atoms with E-state index in [1.807, 2.05) is 6.08 Å². The molecule has 2 nitrogen and oxygen atoms in total. The lowest BCUT2D eigenvalue weighted by Gasteiger charge is -2.43. The quantitative estimate of drug-likeness (QED) is 0.441. The highest BCUT2D eigenvalue weighted by Gasteiger charge is 2.50. The van der Waals surface area contributed by atoms with Crippen molar-refractivity contribution >= 4 is 18.7 Å². The second-order valence-corrected chi connectivity index (χ2v) is 13.2. The average molecular weight is 407 g/mol. The maximum Gasteiger partial charge on any atom is 0.261 e. The van der Waals surface area contributed by atoms with E-state index in [4.69, 9.17) is 9.16 Å². The van der Waals surface area contributed by atoms with E-state index in [0.717, 1.165) is 19.3 Å². The minimum Gasteiger partial charge on any atom is -0.407 e. The molecule has 0 saturated carbocycles. The smallest absolute Gasteiger partial charge is 0.261 e. The van der Waals surface area contributed by atoms with Crippen molar-refractivity contribution in [1.29, 1.82) is 0 Å². The third kappa shape index (κ3) is 4.63. The minimum absolute atomic E-state index is 0.00120. The largest absolute Gasteiger partial charge is 0.407 e. The summed E-state index contributed by atoms with van der Waals surface area (Å²) in [5.74, 6) is 0. The molecule has 1 heterocycles. The molecule has 3 heteroatoms. The predicted octanol–water partition coefficient (Wildman–Crippen LogP) is 5.24. The summed E-state index contributed by atoms with van der Waals surface area (Å²) in [7, 11) is -2.46. The number of ether oxygens (including phenoxy) is 1. The van der Waals surface area contributed by atoms with Crippen molar-refractivity contribution in [2.24, 2.45) is 0 Å². The first-order valence-electron chi connectivity index (χ1n) is 10.6. The van der Waals surface area contributed by atoms with E-state index in [1.165, 1.54) is 15.9 Å². The van der Waals surface area contributed by atoms with Crippen molar-refractivity contribution in [3.63, 3.8) is 0 Å². The topological polar surface area (TPSA) is 18.5 Å². The van der Waals surface area contributed by atoms with Gasteiger partial charge in [0.25, 0.3) is 8.32 Å². The Labute approximate surface area is 177 Å². The minimum atomic E-state index is -2.46. The summed E-state index contributed by atoms with van der Waals surface area (Å²) in [4.78, 5) is 0. The Kier molecular flexibility index (Phi) is 6.94. The van der Waals surface area contributed by atoms with Crippen LogP contribution in [0, 0.1) is 0 Å². The van der Waals surface area contributed by atoms with Crippen LogP contribution in [-0.4, -0.2) is 27.1 Å². The lowest BCUT2D eigenvalue weighted by atomic mass is 10.1. The standard InChI is InChI=1S/C26H34O2Si/c1-6-13-25-21(2)20-22(28-25)18-19-27-29(26(3,4)5,23-14-9-7-10-15-23)24-16-11-8-12-17-24/h6-12,14-17,22,25H,1-2,13,18-20H2,3-5H3/t22-,25-/m0/s1. The molecule has 2 atom stereocenters. The van der Waals surface area contributed by atoms with E-state index in [1.54, 1.807) is 0 Å². The molecule has 0 bridgehead atoms. The first-order valence-corrected chi connectivity index (χ1v) is 12.5.